The van der Waals surface area contributed by atoms with Gasteiger partial charge < -0.3 is 30.9 Å². The van der Waals surface area contributed by atoms with Gasteiger partial charge >= 0.3 is 17.3 Å². The summed E-state index contributed by atoms with van der Waals surface area (Å²) in [4.78, 5) is 91.3. The molecular weight excluding hydrogens is 1560 g/mol. The highest BCUT2D eigenvalue weighted by atomic mass is 35.5. The quantitative estimate of drug-likeness (QED) is 0.0260. The van der Waals surface area contributed by atoms with Gasteiger partial charge in [-0.05, 0) is 137 Å². The summed E-state index contributed by atoms with van der Waals surface area (Å²) in [5.74, 6) is 4.97. The van der Waals surface area contributed by atoms with Gasteiger partial charge in [-0.2, -0.15) is 28.0 Å². The molecule has 576 valence electrons. The highest BCUT2D eigenvalue weighted by Crippen LogP contribution is 2.41. The van der Waals surface area contributed by atoms with Crippen LogP contribution in [0.2, 0.25) is 20.1 Å². The number of fused-ring (bicyclic) bond motifs is 1. The number of sulfonamides is 1. The van der Waals surface area contributed by atoms with Gasteiger partial charge in [-0.25, -0.2) is 14.8 Å². The van der Waals surface area contributed by atoms with E-state index in [1.54, 1.807) is 110 Å². The molecule has 0 fully saturated rings. The third-order valence-electron chi connectivity index (χ3n) is 14.5. The van der Waals surface area contributed by atoms with E-state index in [9.17, 15) is 52.6 Å². The van der Waals surface area contributed by atoms with Crippen molar-refractivity contribution >= 4 is 147 Å². The van der Waals surface area contributed by atoms with Crippen LogP contribution in [0.1, 0.15) is 54.4 Å². The molecule has 28 nitrogen and oxygen atoms in total. The Morgan fingerprint density at radius 1 is 0.673 bits per heavy atom. The lowest BCUT2D eigenvalue weighted by Crippen LogP contribution is -2.38. The smallest absolute Gasteiger partial charge is 0.344 e. The molecule has 10 rings (SSSR count). The Labute approximate surface area is 661 Å². The number of amides is 2. The summed E-state index contributed by atoms with van der Waals surface area (Å²) in [6, 6.07) is 47.3. The highest BCUT2D eigenvalue weighted by molar-refractivity contribution is 7.99. The zero-order valence-corrected chi connectivity index (χ0v) is 65.7. The average molecular weight is 1640 g/mol. The number of anilines is 5. The first-order chi connectivity index (χ1) is 52.2. The number of carboxylic acid groups (broad SMARTS) is 1. The molecule has 0 radical (unpaired) electrons. The van der Waals surface area contributed by atoms with Crippen LogP contribution in [0.15, 0.2) is 207 Å². The van der Waals surface area contributed by atoms with Crippen LogP contribution in [0, 0.1) is 44.9 Å². The summed E-state index contributed by atoms with van der Waals surface area (Å²) in [5.41, 5.74) is 13.2. The van der Waals surface area contributed by atoms with E-state index in [-0.39, 0.29) is 56.9 Å². The first kappa shape index (κ1) is 89.1. The molecule has 0 saturated carbocycles. The molecule has 7 aromatic carbocycles. The minimum atomic E-state index is -4.23. The average Bonchev–Trinajstić information content (AvgIpc) is 0.776. The molecule has 0 saturated heterocycles. The van der Waals surface area contributed by atoms with Crippen LogP contribution >= 0.6 is 58.0 Å². The fraction of sp³-hybridized carbons (Fsp3) is 0.213. The predicted octanol–water partition coefficient (Wildman–Crippen LogP) is 14.7. The van der Waals surface area contributed by atoms with E-state index in [1.807, 2.05) is 92.7 Å². The largest absolute Gasteiger partial charge is 0.479 e. The predicted molar refractivity (Wildman–Crippen MR) is 435 cm³/mol. The van der Waals surface area contributed by atoms with Crippen molar-refractivity contribution in [1.82, 2.24) is 29.5 Å². The summed E-state index contributed by atoms with van der Waals surface area (Å²) in [7, 11) is -5.08. The number of nitrogen functional groups attached to an aromatic ring is 2. The topological polar surface area (TPSA) is 380 Å². The molecule has 0 aliphatic heterocycles. The van der Waals surface area contributed by atoms with Crippen molar-refractivity contribution in [2.24, 2.45) is 3.77 Å². The van der Waals surface area contributed by atoms with E-state index in [2.05, 4.69) is 35.8 Å². The van der Waals surface area contributed by atoms with Crippen molar-refractivity contribution in [1.29, 1.82) is 0 Å². The summed E-state index contributed by atoms with van der Waals surface area (Å²) in [5, 5.41) is 40.8. The Kier molecular flexibility index (Phi) is 35.3. The number of nitrogens with two attached hydrogens (primary N) is 2. The molecule has 5 N–H and O–H groups in total. The fourth-order valence-corrected chi connectivity index (χ4v) is 12.7. The highest BCUT2D eigenvalue weighted by Gasteiger charge is 2.34. The van der Waals surface area contributed by atoms with E-state index in [4.69, 9.17) is 96.9 Å². The Morgan fingerprint density at radius 2 is 1.14 bits per heavy atom. The van der Waals surface area contributed by atoms with Crippen molar-refractivity contribution in [3.63, 3.8) is 0 Å². The second-order valence-corrected chi connectivity index (χ2v) is 28.3. The maximum absolute atomic E-state index is 12.3. The van der Waals surface area contributed by atoms with Crippen molar-refractivity contribution in [2.75, 3.05) is 57.6 Å². The normalized spacial score (nSPS) is 11.2. The standard InChI is InChI=1S/C17H13ClN2O4.C14H22N4O6S2.2C12H12ClNO.2C10H8ClN3O/c1-10(17(21)22)23-12-3-5-13(6-4-12)24-16-9-19-15-8-11(18)2-7-14(15)20-16;1-5-7-16(8-6-2)14-12(17(19)20)9-11(10-13(14)18(21)22)26(23,24)15-25(3)4;1-4-9(2)14(10(3)15)12-8-6-5-7-11(12)13;1-3-10(2)14(12(15)9-13)11-7-5-4-6-8-11;2*11-9-8(12)6-13-14(10(9)15)7-4-2-1-3-5-7/h2-10H,1H3,(H,21,22);9-10H,5-8H2,1-4H3;1,5-9H,2-3H3;1,4-8,10H,9H2,2H3;2*1-6H,12H2. The summed E-state index contributed by atoms with van der Waals surface area (Å²) in [6.45, 7) is 10.9. The SMILES string of the molecule is C#CC(C)N(C(=O)CCl)c1ccccc1.C#CC(C)N(C(C)=O)c1ccccc1Cl.CC(Oc1ccc(Oc2cnc3cc(Cl)ccc3n2)cc1)C(=O)O.CCCN(CCC)c1c([N+](=O)[O-])cc(S(=O)(=O)N=S(C)C)cc1[N+](=O)[O-].Nc1cnn(-c2ccccc2)c(=O)c1Cl.Nc1cnn(-c2ccccc2)c(=O)c1Cl. The molecule has 35 heteroatoms. The second-order valence-electron chi connectivity index (χ2n) is 22.8. The number of carboxylic acids is 1. The molecular formula is C75H75Cl5N14O14S2. The first-order valence-corrected chi connectivity index (χ1v) is 38.2. The van der Waals surface area contributed by atoms with Gasteiger partial charge in [0.25, 0.3) is 21.1 Å². The Balaban J connectivity index is 0.000000240. The lowest BCUT2D eigenvalue weighted by molar-refractivity contribution is -0.393. The Hall–Kier alpha value is -11.5. The second kappa shape index (κ2) is 43.5. The summed E-state index contributed by atoms with van der Waals surface area (Å²) < 4.78 is 41.5. The molecule has 110 heavy (non-hydrogen) atoms. The van der Waals surface area contributed by atoms with Crippen molar-refractivity contribution in [3.8, 4) is 53.4 Å². The number of carbonyl (C=O) groups is 3. The molecule has 2 amide bonds. The summed E-state index contributed by atoms with van der Waals surface area (Å²) >= 11 is 28.9. The number of aromatic nitrogens is 6. The van der Waals surface area contributed by atoms with Crippen LogP contribution in [0.25, 0.3) is 22.4 Å². The number of hydrogen-bond donors (Lipinski definition) is 3. The molecule has 3 atom stereocenters. The van der Waals surface area contributed by atoms with E-state index < -0.39 is 70.0 Å². The van der Waals surface area contributed by atoms with Crippen LogP contribution in [0.5, 0.6) is 17.4 Å². The molecule has 0 bridgehead atoms. The third-order valence-corrected chi connectivity index (χ3v) is 18.8. The van der Waals surface area contributed by atoms with Gasteiger partial charge in [0.05, 0.1) is 85.0 Å². The number of aliphatic carboxylic acids is 1. The number of halogens is 5. The van der Waals surface area contributed by atoms with Crippen molar-refractivity contribution in [2.45, 2.75) is 77.5 Å². The number of carbonyl (C=O) groups excluding carboxylic acids is 2. The van der Waals surface area contributed by atoms with Gasteiger partial charge in [0.2, 0.25) is 17.7 Å². The lowest BCUT2D eigenvalue weighted by Gasteiger charge is -2.25. The van der Waals surface area contributed by atoms with Crippen LogP contribution in [0.4, 0.5) is 39.8 Å². The number of benzene rings is 7. The molecule has 3 heterocycles. The number of ether oxygens (including phenoxy) is 2. The number of nitro benzene ring substituents is 2. The third kappa shape index (κ3) is 25.9. The van der Waals surface area contributed by atoms with Gasteiger partial charge in [-0.1, -0.05) is 150 Å². The van der Waals surface area contributed by atoms with E-state index in [0.29, 0.717) is 81.5 Å². The van der Waals surface area contributed by atoms with Gasteiger partial charge in [-0.15, -0.1) is 28.2 Å². The minimum absolute atomic E-state index is 0.00569. The number of rotatable bonds is 21. The van der Waals surface area contributed by atoms with E-state index in [1.165, 1.54) is 51.6 Å². The Bertz CT molecular complexity index is 5070. The number of hydrogen-bond acceptors (Lipinski definition) is 20. The molecule has 0 aliphatic rings. The molecule has 3 aromatic heterocycles. The van der Waals surface area contributed by atoms with Gasteiger partial charge in [0, 0.05) is 42.9 Å². The van der Waals surface area contributed by atoms with Crippen LogP contribution < -0.4 is 46.8 Å². The molecule has 10 aromatic rings. The maximum Gasteiger partial charge on any atom is 0.344 e. The fourth-order valence-electron chi connectivity index (χ4n) is 9.50. The monoisotopic (exact) mass is 1630 g/mol. The Morgan fingerprint density at radius 3 is 1.57 bits per heavy atom. The number of nitro groups is 2. The lowest BCUT2D eigenvalue weighted by atomic mass is 10.2. The van der Waals surface area contributed by atoms with Crippen LogP contribution in [-0.4, -0.2) is 120 Å². The van der Waals surface area contributed by atoms with E-state index >= 15 is 0 Å². The van der Waals surface area contributed by atoms with Crippen LogP contribution in [0.3, 0.4) is 0 Å². The number of nitrogens with zero attached hydrogens (tertiary/aromatic N) is 12. The molecule has 0 spiro atoms. The summed E-state index contributed by atoms with van der Waals surface area (Å²) in [6.07, 6.45) is 18.3. The number of para-hydroxylation sites is 4. The molecule has 0 aliphatic carbocycles. The number of alkyl halides is 1. The van der Waals surface area contributed by atoms with Crippen LogP contribution in [-0.2, 0) is 35.1 Å². The first-order valence-electron chi connectivity index (χ1n) is 32.7. The molecule has 3 unspecified atom stereocenters. The minimum Gasteiger partial charge on any atom is -0.479 e. The van der Waals surface area contributed by atoms with Gasteiger partial charge in [0.15, 0.2) is 11.8 Å². The van der Waals surface area contributed by atoms with Gasteiger partial charge in [-0.3, -0.25) is 49.2 Å². The zero-order valence-electron chi connectivity index (χ0n) is 60.3. The van der Waals surface area contributed by atoms with E-state index in [0.717, 1.165) is 17.8 Å². The maximum atomic E-state index is 12.3. The van der Waals surface area contributed by atoms with Crippen molar-refractivity contribution in [3.05, 3.63) is 249 Å². The zero-order chi connectivity index (χ0) is 81.5. The van der Waals surface area contributed by atoms with Crippen molar-refractivity contribution < 1.29 is 47.2 Å². The number of terminal acetylenes is 2. The van der Waals surface area contributed by atoms with Gasteiger partial charge in [0.1, 0.15) is 32.3 Å².